The lowest BCUT2D eigenvalue weighted by Crippen LogP contribution is -2.61. The Balaban J connectivity index is 2.41. The Morgan fingerprint density at radius 1 is 0.724 bits per heavy atom. The van der Waals surface area contributed by atoms with Crippen LogP contribution in [-0.2, 0) is 10.8 Å². The Hall–Kier alpha value is -1.51. The van der Waals surface area contributed by atoms with Crippen molar-refractivity contribution in [2.75, 3.05) is 0 Å². The highest BCUT2D eigenvalue weighted by atomic mass is 28.3. The molecule has 0 aromatic heterocycles. The molecule has 0 atom stereocenters. The van der Waals surface area contributed by atoms with Gasteiger partial charge in [-0.05, 0) is 31.6 Å². The van der Waals surface area contributed by atoms with Crippen LogP contribution in [0.3, 0.4) is 0 Å². The van der Waals surface area contributed by atoms with Crippen LogP contribution in [0.25, 0.3) is 21.5 Å². The lowest BCUT2D eigenvalue weighted by atomic mass is 9.85. The monoisotopic (exact) mass is 406 g/mol. The second kappa shape index (κ2) is 6.75. The van der Waals surface area contributed by atoms with Gasteiger partial charge in [-0.3, -0.25) is 0 Å². The second-order valence-corrected chi connectivity index (χ2v) is 16.4. The molecule has 0 amide bonds. The molecule has 29 heavy (non-hydrogen) atoms. The molecule has 0 radical (unpaired) electrons. The van der Waals surface area contributed by atoms with E-state index in [2.05, 4.69) is 117 Å². The van der Waals surface area contributed by atoms with E-state index < -0.39 is 8.24 Å². The predicted octanol–water partition coefficient (Wildman–Crippen LogP) is 7.11. The lowest BCUT2D eigenvalue weighted by molar-refractivity contribution is 0.515. The summed E-state index contributed by atoms with van der Waals surface area (Å²) in [6.45, 7) is 25.6. The molecule has 0 fully saturated rings. The first kappa shape index (κ1) is 22.2. The van der Waals surface area contributed by atoms with Crippen LogP contribution >= 0.6 is 0 Å². The number of benzene rings is 2. The SMILES string of the molecule is CC(C)(C)N[Si](C)(C)c1c2ccc(C(C)(C)C)cc2c2cc(C(C)(C)C)cc[c-]12. The highest BCUT2D eigenvalue weighted by Gasteiger charge is 2.30. The number of hydrogen-bond acceptors (Lipinski definition) is 1. The van der Waals surface area contributed by atoms with Crippen molar-refractivity contribution in [3.8, 4) is 0 Å². The van der Waals surface area contributed by atoms with E-state index in [0.717, 1.165) is 0 Å². The summed E-state index contributed by atoms with van der Waals surface area (Å²) in [6, 6.07) is 14.4. The summed E-state index contributed by atoms with van der Waals surface area (Å²) in [6.07, 6.45) is 0. The van der Waals surface area contributed by atoms with Gasteiger partial charge in [-0.25, -0.2) is 0 Å². The molecule has 1 nitrogen and oxygen atoms in total. The van der Waals surface area contributed by atoms with Gasteiger partial charge in [0.1, 0.15) is 8.24 Å². The molecule has 0 heterocycles. The molecular formula is C27H40NSi-. The van der Waals surface area contributed by atoms with Gasteiger partial charge in [-0.15, -0.1) is 45.1 Å². The zero-order valence-corrected chi connectivity index (χ0v) is 21.5. The van der Waals surface area contributed by atoms with Crippen LogP contribution in [-0.4, -0.2) is 13.8 Å². The van der Waals surface area contributed by atoms with E-state index in [1.165, 1.54) is 32.7 Å². The number of nitrogens with one attached hydrogen (secondary N) is 1. The number of rotatable bonds is 2. The van der Waals surface area contributed by atoms with Gasteiger partial charge < -0.3 is 4.98 Å². The minimum absolute atomic E-state index is 0.0995. The minimum atomic E-state index is -1.87. The molecule has 0 aliphatic carbocycles. The lowest BCUT2D eigenvalue weighted by Gasteiger charge is -2.35. The minimum Gasteiger partial charge on any atom is -0.330 e. The Kier molecular flexibility index (Phi) is 5.16. The standard InChI is InChI=1S/C27H40NSi/c1-25(2,3)18-12-14-20-22(16-18)23-17-19(26(4,5)6)13-15-21(23)24(20)29(10,11)28-27(7,8)9/h12-17,28H,1-11H3/q-1. The molecule has 1 N–H and O–H groups in total. The van der Waals surface area contributed by atoms with Crippen molar-refractivity contribution in [1.82, 2.24) is 4.98 Å². The van der Waals surface area contributed by atoms with Gasteiger partial charge in [0.25, 0.3) is 0 Å². The van der Waals surface area contributed by atoms with Crippen LogP contribution in [0.4, 0.5) is 0 Å². The van der Waals surface area contributed by atoms with Gasteiger partial charge >= 0.3 is 0 Å². The van der Waals surface area contributed by atoms with Crippen LogP contribution < -0.4 is 10.2 Å². The highest BCUT2D eigenvalue weighted by Crippen LogP contribution is 2.36. The van der Waals surface area contributed by atoms with Gasteiger partial charge in [0, 0.05) is 5.54 Å². The number of fused-ring (bicyclic) bond motifs is 3. The molecule has 0 aliphatic heterocycles. The summed E-state index contributed by atoms with van der Waals surface area (Å²) in [5, 5.41) is 7.27. The molecule has 3 aromatic rings. The van der Waals surface area contributed by atoms with Crippen LogP contribution in [0.15, 0.2) is 36.4 Å². The molecule has 3 rings (SSSR count). The highest BCUT2D eigenvalue weighted by molar-refractivity contribution is 6.91. The van der Waals surface area contributed by atoms with E-state index in [1.54, 1.807) is 5.19 Å². The van der Waals surface area contributed by atoms with E-state index in [0.29, 0.717) is 0 Å². The summed E-state index contributed by atoms with van der Waals surface area (Å²) < 4.78 is 0. The van der Waals surface area contributed by atoms with Crippen molar-refractivity contribution < 1.29 is 0 Å². The smallest absolute Gasteiger partial charge is 0.137 e. The van der Waals surface area contributed by atoms with Crippen LogP contribution in [0.2, 0.25) is 13.1 Å². The molecule has 0 aliphatic rings. The zero-order chi connectivity index (χ0) is 22.0. The van der Waals surface area contributed by atoms with Crippen LogP contribution in [0.5, 0.6) is 0 Å². The molecule has 0 saturated heterocycles. The normalized spacial score (nSPS) is 14.2. The average molecular weight is 407 g/mol. The Morgan fingerprint density at radius 3 is 1.79 bits per heavy atom. The van der Waals surface area contributed by atoms with Crippen molar-refractivity contribution >= 4 is 35.0 Å². The van der Waals surface area contributed by atoms with Crippen molar-refractivity contribution in [2.45, 2.75) is 91.8 Å². The van der Waals surface area contributed by atoms with Crippen LogP contribution in [0, 0.1) is 0 Å². The molecule has 158 valence electrons. The third-order valence-electron chi connectivity index (χ3n) is 5.91. The molecule has 0 unspecified atom stereocenters. The zero-order valence-electron chi connectivity index (χ0n) is 20.5. The first-order chi connectivity index (χ1) is 13.0. The Morgan fingerprint density at radius 2 is 1.28 bits per heavy atom. The second-order valence-electron chi connectivity index (χ2n) is 12.4. The van der Waals surface area contributed by atoms with Gasteiger partial charge in [-0.2, -0.15) is 0 Å². The van der Waals surface area contributed by atoms with E-state index >= 15 is 0 Å². The summed E-state index contributed by atoms with van der Waals surface area (Å²) in [5.74, 6) is 0. The van der Waals surface area contributed by atoms with Crippen molar-refractivity contribution in [2.24, 2.45) is 0 Å². The predicted molar refractivity (Wildman–Crippen MR) is 134 cm³/mol. The fraction of sp³-hybridized carbons (Fsp3) is 0.519. The summed E-state index contributed by atoms with van der Waals surface area (Å²) in [5.41, 5.74) is 3.22. The van der Waals surface area contributed by atoms with Crippen molar-refractivity contribution in [3.05, 3.63) is 47.5 Å². The van der Waals surface area contributed by atoms with E-state index in [1.807, 2.05) is 0 Å². The molecular weight excluding hydrogens is 366 g/mol. The first-order valence-electron chi connectivity index (χ1n) is 11.0. The third kappa shape index (κ3) is 4.34. The van der Waals surface area contributed by atoms with Crippen LogP contribution in [0.1, 0.15) is 73.4 Å². The van der Waals surface area contributed by atoms with Crippen molar-refractivity contribution in [3.63, 3.8) is 0 Å². The van der Waals surface area contributed by atoms with Crippen molar-refractivity contribution in [1.29, 1.82) is 0 Å². The van der Waals surface area contributed by atoms with Gasteiger partial charge in [0.05, 0.1) is 0 Å². The molecule has 0 spiro atoms. The van der Waals surface area contributed by atoms with E-state index in [9.17, 15) is 0 Å². The fourth-order valence-corrected chi connectivity index (χ4v) is 8.50. The van der Waals surface area contributed by atoms with Gasteiger partial charge in [0.2, 0.25) is 0 Å². The molecule has 0 bridgehead atoms. The first-order valence-corrected chi connectivity index (χ1v) is 14.0. The van der Waals surface area contributed by atoms with E-state index in [4.69, 9.17) is 0 Å². The maximum Gasteiger partial charge on any atom is 0.137 e. The largest absolute Gasteiger partial charge is 0.330 e. The quantitative estimate of drug-likeness (QED) is 0.353. The maximum absolute atomic E-state index is 4.01. The third-order valence-corrected chi connectivity index (χ3v) is 9.08. The summed E-state index contributed by atoms with van der Waals surface area (Å²) in [4.78, 5) is 4.01. The van der Waals surface area contributed by atoms with Gasteiger partial charge in [-0.1, -0.05) is 83.8 Å². The summed E-state index contributed by atoms with van der Waals surface area (Å²) in [7, 11) is -1.87. The number of hydrogen-bond donors (Lipinski definition) is 1. The maximum atomic E-state index is 4.01. The average Bonchev–Trinajstić information content (AvgIpc) is 2.84. The topological polar surface area (TPSA) is 12.0 Å². The molecule has 2 heteroatoms. The Labute approximate surface area is 179 Å². The fourth-order valence-electron chi connectivity index (χ4n) is 4.72. The van der Waals surface area contributed by atoms with E-state index in [-0.39, 0.29) is 16.4 Å². The molecule has 3 aromatic carbocycles. The summed E-state index contributed by atoms with van der Waals surface area (Å²) >= 11 is 0. The molecule has 0 saturated carbocycles. The Bertz CT molecular complexity index is 975. The van der Waals surface area contributed by atoms with Gasteiger partial charge in [0.15, 0.2) is 0 Å².